The number of sulfonamides is 1. The van der Waals surface area contributed by atoms with Crippen LogP contribution in [0, 0.1) is 0 Å². The lowest BCUT2D eigenvalue weighted by atomic mass is 10.3. The highest BCUT2D eigenvalue weighted by Crippen LogP contribution is 2.28. The molecule has 10 heteroatoms. The number of aromatic nitrogens is 2. The molecule has 148 valence electrons. The van der Waals surface area contributed by atoms with Crippen molar-refractivity contribution in [3.05, 3.63) is 47.6 Å². The highest BCUT2D eigenvalue weighted by Gasteiger charge is 2.27. The molecule has 0 atom stereocenters. The summed E-state index contributed by atoms with van der Waals surface area (Å²) in [6.07, 6.45) is 1.44. The molecule has 4 rings (SSSR count). The van der Waals surface area contributed by atoms with Crippen molar-refractivity contribution in [2.75, 3.05) is 33.2 Å². The number of thiophene rings is 1. The van der Waals surface area contributed by atoms with Gasteiger partial charge in [0.25, 0.3) is 0 Å². The van der Waals surface area contributed by atoms with Crippen LogP contribution in [-0.2, 0) is 15.8 Å². The van der Waals surface area contributed by atoms with Crippen LogP contribution in [0.1, 0.15) is 5.69 Å². The van der Waals surface area contributed by atoms with Crippen molar-refractivity contribution in [1.29, 1.82) is 0 Å². The average Bonchev–Trinajstić information content (AvgIpc) is 3.39. The normalized spacial score (nSPS) is 16.5. The average molecular weight is 437 g/mol. The first kappa shape index (κ1) is 19.6. The van der Waals surface area contributed by atoms with Gasteiger partial charge in [-0.3, -0.25) is 0 Å². The van der Waals surface area contributed by atoms with Crippen LogP contribution in [0.25, 0.3) is 10.6 Å². The Balaban J connectivity index is 1.38. The number of nitrogens with zero attached hydrogens (tertiary/aromatic N) is 4. The van der Waals surface area contributed by atoms with Gasteiger partial charge in [-0.05, 0) is 30.6 Å². The van der Waals surface area contributed by atoms with Crippen LogP contribution < -0.4 is 0 Å². The van der Waals surface area contributed by atoms with Crippen LogP contribution in [0.15, 0.2) is 56.4 Å². The molecular formula is C18H20N4O3S3. The molecular weight excluding hydrogens is 416 g/mol. The van der Waals surface area contributed by atoms with E-state index in [0.717, 1.165) is 34.4 Å². The number of likely N-dealkylation sites (N-methyl/N-ethyl adjacent to an activating group) is 1. The molecule has 3 aromatic rings. The number of rotatable bonds is 6. The third kappa shape index (κ3) is 4.31. The van der Waals surface area contributed by atoms with Gasteiger partial charge in [-0.25, -0.2) is 13.4 Å². The van der Waals surface area contributed by atoms with E-state index in [1.165, 1.54) is 22.3 Å². The quantitative estimate of drug-likeness (QED) is 0.550. The van der Waals surface area contributed by atoms with Crippen molar-refractivity contribution in [3.63, 3.8) is 0 Å². The molecule has 0 bridgehead atoms. The Kier molecular flexibility index (Phi) is 5.83. The molecule has 0 aliphatic carbocycles. The van der Waals surface area contributed by atoms with Gasteiger partial charge >= 0.3 is 0 Å². The predicted molar refractivity (Wildman–Crippen MR) is 110 cm³/mol. The SMILES string of the molecule is CN1CCN(S(=O)(=O)c2ccc(SCc3cc(-c4cccs4)on3)nc2)CC1. The first-order chi connectivity index (χ1) is 13.5. The van der Waals surface area contributed by atoms with E-state index in [1.54, 1.807) is 23.5 Å². The Hall–Kier alpha value is -1.72. The van der Waals surface area contributed by atoms with E-state index in [9.17, 15) is 8.42 Å². The van der Waals surface area contributed by atoms with Gasteiger partial charge in [-0.15, -0.1) is 11.3 Å². The van der Waals surface area contributed by atoms with Gasteiger partial charge in [-0.1, -0.05) is 23.0 Å². The third-order valence-corrected chi connectivity index (χ3v) is 8.24. The van der Waals surface area contributed by atoms with Gasteiger partial charge in [0.1, 0.15) is 4.90 Å². The fourth-order valence-corrected chi connectivity index (χ4v) is 5.61. The summed E-state index contributed by atoms with van der Waals surface area (Å²) in [5.41, 5.74) is 0.823. The van der Waals surface area contributed by atoms with E-state index in [2.05, 4.69) is 15.0 Å². The molecule has 28 heavy (non-hydrogen) atoms. The fourth-order valence-electron chi connectivity index (χ4n) is 2.84. The van der Waals surface area contributed by atoms with Crippen molar-refractivity contribution in [3.8, 4) is 10.6 Å². The summed E-state index contributed by atoms with van der Waals surface area (Å²) in [6, 6.07) is 9.25. The van der Waals surface area contributed by atoms with Crippen LogP contribution in [0.3, 0.4) is 0 Å². The summed E-state index contributed by atoms with van der Waals surface area (Å²) in [6.45, 7) is 2.50. The minimum atomic E-state index is -3.48. The van der Waals surface area contributed by atoms with Gasteiger partial charge in [-0.2, -0.15) is 4.31 Å². The van der Waals surface area contributed by atoms with E-state index >= 15 is 0 Å². The monoisotopic (exact) mass is 436 g/mol. The minimum absolute atomic E-state index is 0.239. The van der Waals surface area contributed by atoms with Crippen LogP contribution in [0.5, 0.6) is 0 Å². The molecule has 0 amide bonds. The minimum Gasteiger partial charge on any atom is -0.355 e. The lowest BCUT2D eigenvalue weighted by Crippen LogP contribution is -2.47. The standard InChI is InChI=1S/C18H20N4O3S3/c1-21-6-8-22(9-7-21)28(23,24)15-4-5-18(19-12-15)27-13-14-11-16(25-20-14)17-3-2-10-26-17/h2-5,10-12H,6-9,13H2,1H3. The third-order valence-electron chi connectivity index (χ3n) is 4.50. The van der Waals surface area contributed by atoms with Crippen molar-refractivity contribution < 1.29 is 12.9 Å². The Morgan fingerprint density at radius 1 is 1.21 bits per heavy atom. The van der Waals surface area contributed by atoms with Crippen molar-refractivity contribution >= 4 is 33.1 Å². The molecule has 7 nitrogen and oxygen atoms in total. The number of hydrogen-bond acceptors (Lipinski definition) is 8. The molecule has 0 radical (unpaired) electrons. The highest BCUT2D eigenvalue weighted by atomic mass is 32.2. The molecule has 1 saturated heterocycles. The molecule has 0 aromatic carbocycles. The zero-order valence-electron chi connectivity index (χ0n) is 15.3. The van der Waals surface area contributed by atoms with Gasteiger partial charge < -0.3 is 9.42 Å². The zero-order chi connectivity index (χ0) is 19.6. The smallest absolute Gasteiger partial charge is 0.244 e. The van der Waals surface area contributed by atoms with E-state index in [-0.39, 0.29) is 4.90 Å². The second kappa shape index (κ2) is 8.34. The van der Waals surface area contributed by atoms with Gasteiger partial charge in [0, 0.05) is 44.2 Å². The van der Waals surface area contributed by atoms with E-state index in [0.29, 0.717) is 18.8 Å². The Labute approximate surface area is 172 Å². The topological polar surface area (TPSA) is 79.5 Å². The second-order valence-corrected chi connectivity index (χ2v) is 10.4. The molecule has 1 aliphatic heterocycles. The van der Waals surface area contributed by atoms with Crippen LogP contribution in [0.2, 0.25) is 0 Å². The van der Waals surface area contributed by atoms with Gasteiger partial charge in [0.05, 0.1) is 15.6 Å². The molecule has 1 aliphatic rings. The van der Waals surface area contributed by atoms with E-state index in [1.807, 2.05) is 30.6 Å². The summed E-state index contributed by atoms with van der Waals surface area (Å²) < 4.78 is 32.4. The Morgan fingerprint density at radius 3 is 2.71 bits per heavy atom. The highest BCUT2D eigenvalue weighted by molar-refractivity contribution is 7.98. The van der Waals surface area contributed by atoms with Crippen LogP contribution in [0.4, 0.5) is 0 Å². The first-order valence-corrected chi connectivity index (χ1v) is 12.1. The number of hydrogen-bond donors (Lipinski definition) is 0. The first-order valence-electron chi connectivity index (χ1n) is 8.79. The van der Waals surface area contributed by atoms with Crippen molar-refractivity contribution in [1.82, 2.24) is 19.3 Å². The second-order valence-electron chi connectivity index (χ2n) is 6.49. The molecule has 0 N–H and O–H groups in total. The fraction of sp³-hybridized carbons (Fsp3) is 0.333. The van der Waals surface area contributed by atoms with Crippen LogP contribution >= 0.6 is 23.1 Å². The maximum Gasteiger partial charge on any atom is 0.244 e. The van der Waals surface area contributed by atoms with E-state index < -0.39 is 10.0 Å². The maximum absolute atomic E-state index is 12.7. The molecule has 0 unspecified atom stereocenters. The summed E-state index contributed by atoms with van der Waals surface area (Å²) in [5, 5.41) is 6.83. The number of pyridine rings is 1. The number of thioether (sulfide) groups is 1. The van der Waals surface area contributed by atoms with E-state index in [4.69, 9.17) is 4.52 Å². The van der Waals surface area contributed by atoms with Gasteiger partial charge in [0.2, 0.25) is 10.0 Å². The summed E-state index contributed by atoms with van der Waals surface area (Å²) in [4.78, 5) is 7.72. The zero-order valence-corrected chi connectivity index (χ0v) is 17.8. The van der Waals surface area contributed by atoms with Crippen molar-refractivity contribution in [2.45, 2.75) is 15.7 Å². The summed E-state index contributed by atoms with van der Waals surface area (Å²) >= 11 is 3.10. The molecule has 0 spiro atoms. The van der Waals surface area contributed by atoms with Gasteiger partial charge in [0.15, 0.2) is 5.76 Å². The lowest BCUT2D eigenvalue weighted by Gasteiger charge is -2.31. The molecule has 1 fully saturated rings. The lowest BCUT2D eigenvalue weighted by molar-refractivity contribution is 0.222. The summed E-state index contributed by atoms with van der Waals surface area (Å²) in [5.74, 6) is 1.36. The Bertz CT molecular complexity index is 1010. The molecule has 3 aromatic heterocycles. The van der Waals surface area contributed by atoms with Crippen molar-refractivity contribution in [2.24, 2.45) is 0 Å². The number of piperazine rings is 1. The predicted octanol–water partition coefficient (Wildman–Crippen LogP) is 3.03. The molecule has 4 heterocycles. The van der Waals surface area contributed by atoms with Crippen LogP contribution in [-0.4, -0.2) is 61.0 Å². The molecule has 0 saturated carbocycles. The Morgan fingerprint density at radius 2 is 2.04 bits per heavy atom. The maximum atomic E-state index is 12.7. The largest absolute Gasteiger partial charge is 0.355 e. The summed E-state index contributed by atoms with van der Waals surface area (Å²) in [7, 11) is -1.49.